The number of ketones is 1. The van der Waals surface area contributed by atoms with Crippen molar-refractivity contribution in [1.29, 1.82) is 0 Å². The summed E-state index contributed by atoms with van der Waals surface area (Å²) in [6, 6.07) is 19.1. The third-order valence-corrected chi connectivity index (χ3v) is 7.03. The number of benzene rings is 3. The van der Waals surface area contributed by atoms with E-state index in [-0.39, 0.29) is 17.7 Å². The van der Waals surface area contributed by atoms with Gasteiger partial charge in [0.1, 0.15) is 5.78 Å². The fourth-order valence-electron chi connectivity index (χ4n) is 5.04. The fraction of sp³-hybridized carbons (Fsp3) is 0.250. The number of anilines is 2. The Bertz CT molecular complexity index is 1280. The maximum atomic E-state index is 13.8. The molecule has 0 amide bonds. The Labute approximate surface area is 209 Å². The Morgan fingerprint density at radius 2 is 1.54 bits per heavy atom. The van der Waals surface area contributed by atoms with Crippen molar-refractivity contribution in [2.75, 3.05) is 32.0 Å². The van der Waals surface area contributed by atoms with E-state index in [4.69, 9.17) is 25.8 Å². The van der Waals surface area contributed by atoms with Crippen molar-refractivity contribution in [2.24, 2.45) is 5.92 Å². The van der Waals surface area contributed by atoms with Crippen LogP contribution in [0.2, 0.25) is 5.02 Å². The van der Waals surface area contributed by atoms with E-state index in [0.29, 0.717) is 28.7 Å². The summed E-state index contributed by atoms with van der Waals surface area (Å²) in [5, 5.41) is 7.81. The number of carbonyl (C=O) groups excluding carboxylic acids is 1. The molecule has 2 N–H and O–H groups in total. The molecule has 0 spiro atoms. The molecule has 1 heterocycles. The summed E-state index contributed by atoms with van der Waals surface area (Å²) in [5.41, 5.74) is 4.47. The number of methoxy groups -OCH3 is 3. The van der Waals surface area contributed by atoms with Gasteiger partial charge in [0, 0.05) is 23.1 Å². The van der Waals surface area contributed by atoms with Crippen molar-refractivity contribution in [2.45, 2.75) is 18.4 Å². The number of hydrogen-bond donors (Lipinski definition) is 2. The molecule has 1 aliphatic heterocycles. The molecule has 3 aromatic rings. The normalized spacial score (nSPS) is 20.9. The van der Waals surface area contributed by atoms with Crippen molar-refractivity contribution < 1.29 is 19.0 Å². The molecule has 5 rings (SSSR count). The maximum absolute atomic E-state index is 13.8. The van der Waals surface area contributed by atoms with Crippen LogP contribution < -0.4 is 24.8 Å². The van der Waals surface area contributed by atoms with Gasteiger partial charge in [0.25, 0.3) is 0 Å². The van der Waals surface area contributed by atoms with Gasteiger partial charge in [0.2, 0.25) is 5.75 Å². The minimum Gasteiger partial charge on any atom is -0.493 e. The second-order valence-electron chi connectivity index (χ2n) is 8.65. The van der Waals surface area contributed by atoms with Crippen molar-refractivity contribution in [3.05, 3.63) is 88.6 Å². The number of halogens is 1. The van der Waals surface area contributed by atoms with E-state index >= 15 is 0 Å². The van der Waals surface area contributed by atoms with Crippen LogP contribution in [0.15, 0.2) is 72.4 Å². The van der Waals surface area contributed by atoms with E-state index in [2.05, 4.69) is 16.7 Å². The van der Waals surface area contributed by atoms with Crippen LogP contribution in [-0.2, 0) is 4.79 Å². The minimum absolute atomic E-state index is 0.110. The van der Waals surface area contributed by atoms with Gasteiger partial charge in [-0.05, 0) is 41.5 Å². The first-order valence-corrected chi connectivity index (χ1v) is 11.8. The summed E-state index contributed by atoms with van der Waals surface area (Å²) in [7, 11) is 4.75. The molecule has 0 aromatic heterocycles. The van der Waals surface area contributed by atoms with Crippen LogP contribution in [0.4, 0.5) is 11.4 Å². The van der Waals surface area contributed by atoms with Gasteiger partial charge in [-0.25, -0.2) is 0 Å². The predicted molar refractivity (Wildman–Crippen MR) is 138 cm³/mol. The monoisotopic (exact) mass is 490 g/mol. The molecule has 0 fully saturated rings. The third kappa shape index (κ3) is 4.19. The second-order valence-corrected chi connectivity index (χ2v) is 9.06. The molecule has 0 radical (unpaired) electrons. The first-order chi connectivity index (χ1) is 17.0. The van der Waals surface area contributed by atoms with E-state index < -0.39 is 5.92 Å². The molecule has 3 unspecified atom stereocenters. The second kappa shape index (κ2) is 9.55. The van der Waals surface area contributed by atoms with Crippen molar-refractivity contribution in [1.82, 2.24) is 0 Å². The molecule has 0 bridgehead atoms. The Hall–Kier alpha value is -3.64. The largest absolute Gasteiger partial charge is 0.493 e. The van der Waals surface area contributed by atoms with Crippen LogP contribution in [-0.4, -0.2) is 27.1 Å². The van der Waals surface area contributed by atoms with Gasteiger partial charge in [-0.15, -0.1) is 0 Å². The number of nitrogens with one attached hydrogen (secondary N) is 2. The minimum atomic E-state index is -0.441. The highest BCUT2D eigenvalue weighted by atomic mass is 35.5. The van der Waals surface area contributed by atoms with Crippen molar-refractivity contribution >= 4 is 28.8 Å². The molecule has 6 nitrogen and oxygen atoms in total. The molecule has 180 valence electrons. The Morgan fingerprint density at radius 3 is 2.20 bits per heavy atom. The van der Waals surface area contributed by atoms with Gasteiger partial charge in [0.15, 0.2) is 11.5 Å². The van der Waals surface area contributed by atoms with E-state index in [1.165, 1.54) is 0 Å². The van der Waals surface area contributed by atoms with Crippen molar-refractivity contribution in [3.8, 4) is 17.2 Å². The molecule has 3 atom stereocenters. The summed E-state index contributed by atoms with van der Waals surface area (Å²) < 4.78 is 16.7. The van der Waals surface area contributed by atoms with Gasteiger partial charge >= 0.3 is 0 Å². The zero-order chi connectivity index (χ0) is 24.5. The lowest BCUT2D eigenvalue weighted by molar-refractivity contribution is -0.122. The Balaban J connectivity index is 1.66. The van der Waals surface area contributed by atoms with Crippen LogP contribution in [0.5, 0.6) is 17.2 Å². The smallest absolute Gasteiger partial charge is 0.203 e. The topological polar surface area (TPSA) is 68.8 Å². The summed E-state index contributed by atoms with van der Waals surface area (Å²) in [6.45, 7) is 0. The van der Waals surface area contributed by atoms with Gasteiger partial charge in [0.05, 0.1) is 44.7 Å². The predicted octanol–water partition coefficient (Wildman–Crippen LogP) is 6.20. The summed E-state index contributed by atoms with van der Waals surface area (Å²) in [6.07, 6.45) is 2.50. The van der Waals surface area contributed by atoms with E-state index in [0.717, 1.165) is 28.2 Å². The highest BCUT2D eigenvalue weighted by Gasteiger charge is 2.40. The highest BCUT2D eigenvalue weighted by molar-refractivity contribution is 6.31. The average molecular weight is 491 g/mol. The standard InChI is InChI=1S/C28H27ClN2O4/c1-33-24-14-17(15-25(34-2)28(24)35-3)27-26-22(30-20-10-6-7-11-21(20)31-27)12-16(13-23(26)32)18-8-4-5-9-19(18)29/h4-12,14-16,26-27,30-31H,13H2,1-3H3. The molecular formula is C28H27ClN2O4. The lowest BCUT2D eigenvalue weighted by Crippen LogP contribution is -2.34. The lowest BCUT2D eigenvalue weighted by atomic mass is 9.76. The summed E-state index contributed by atoms with van der Waals surface area (Å²) in [4.78, 5) is 13.8. The van der Waals surface area contributed by atoms with Crippen molar-refractivity contribution in [3.63, 3.8) is 0 Å². The molecule has 2 aliphatic rings. The number of hydrogen-bond acceptors (Lipinski definition) is 6. The summed E-state index contributed by atoms with van der Waals surface area (Å²) >= 11 is 6.50. The fourth-order valence-corrected chi connectivity index (χ4v) is 5.31. The zero-order valence-electron chi connectivity index (χ0n) is 19.8. The van der Waals surface area contributed by atoms with E-state index in [1.54, 1.807) is 21.3 Å². The molecule has 3 aromatic carbocycles. The molecule has 0 saturated carbocycles. The van der Waals surface area contributed by atoms with Gasteiger partial charge in [-0.3, -0.25) is 4.79 Å². The van der Waals surface area contributed by atoms with Crippen LogP contribution >= 0.6 is 11.6 Å². The van der Waals surface area contributed by atoms with Crippen LogP contribution in [0, 0.1) is 5.92 Å². The number of para-hydroxylation sites is 2. The molecule has 35 heavy (non-hydrogen) atoms. The SMILES string of the molecule is COc1cc(C2Nc3ccccc3NC3=CC(c4ccccc4Cl)CC(=O)C32)cc(OC)c1OC. The van der Waals surface area contributed by atoms with Gasteiger partial charge < -0.3 is 24.8 Å². The number of Topliss-reactive ketones (excluding diaryl/α,β-unsaturated/α-hetero) is 1. The Kier molecular flexibility index (Phi) is 6.31. The number of fused-ring (bicyclic) bond motifs is 2. The molecular weight excluding hydrogens is 464 g/mol. The average Bonchev–Trinajstić information content (AvgIpc) is 3.05. The van der Waals surface area contributed by atoms with E-state index in [9.17, 15) is 4.79 Å². The lowest BCUT2D eigenvalue weighted by Gasteiger charge is -2.33. The van der Waals surface area contributed by atoms with Gasteiger partial charge in [-0.1, -0.05) is 48.0 Å². The summed E-state index contributed by atoms with van der Waals surface area (Å²) in [5.74, 6) is 1.16. The zero-order valence-corrected chi connectivity index (χ0v) is 20.6. The number of ether oxygens (including phenoxy) is 3. The molecule has 1 aliphatic carbocycles. The molecule has 7 heteroatoms. The third-order valence-electron chi connectivity index (χ3n) is 6.69. The first-order valence-electron chi connectivity index (χ1n) is 11.5. The number of allylic oxidation sites excluding steroid dienone is 1. The molecule has 0 saturated heterocycles. The van der Waals surface area contributed by atoms with Gasteiger partial charge in [-0.2, -0.15) is 0 Å². The first kappa shape index (κ1) is 23.1. The highest BCUT2D eigenvalue weighted by Crippen LogP contribution is 2.48. The Morgan fingerprint density at radius 1 is 0.886 bits per heavy atom. The van der Waals surface area contributed by atoms with Crippen LogP contribution in [0.3, 0.4) is 0 Å². The number of rotatable bonds is 5. The maximum Gasteiger partial charge on any atom is 0.203 e. The number of carbonyl (C=O) groups is 1. The van der Waals surface area contributed by atoms with E-state index in [1.807, 2.05) is 60.7 Å². The quantitative estimate of drug-likeness (QED) is 0.443. The van der Waals surface area contributed by atoms with Crippen LogP contribution in [0.1, 0.15) is 29.5 Å². The van der Waals surface area contributed by atoms with Crippen LogP contribution in [0.25, 0.3) is 0 Å².